The Balaban J connectivity index is 1.55. The molecule has 0 radical (unpaired) electrons. The van der Waals surface area contributed by atoms with Crippen molar-refractivity contribution < 1.29 is 4.79 Å². The molecule has 2 aromatic rings. The van der Waals surface area contributed by atoms with Crippen LogP contribution in [0.5, 0.6) is 0 Å². The molecule has 5 heteroatoms. The summed E-state index contributed by atoms with van der Waals surface area (Å²) in [5, 5.41) is 4.14. The quantitative estimate of drug-likeness (QED) is 0.797. The maximum Gasteiger partial charge on any atom is 0.230 e. The van der Waals surface area contributed by atoms with Gasteiger partial charge in [0, 0.05) is 12.6 Å². The molecule has 1 heterocycles. The van der Waals surface area contributed by atoms with E-state index in [4.69, 9.17) is 0 Å². The zero-order valence-electron chi connectivity index (χ0n) is 14.6. The first kappa shape index (κ1) is 17.3. The fourth-order valence-electron chi connectivity index (χ4n) is 3.58. The summed E-state index contributed by atoms with van der Waals surface area (Å²) < 4.78 is 2.18. The van der Waals surface area contributed by atoms with E-state index in [-0.39, 0.29) is 5.91 Å². The summed E-state index contributed by atoms with van der Waals surface area (Å²) in [5.74, 6) is 1.43. The topological polar surface area (TPSA) is 46.9 Å². The van der Waals surface area contributed by atoms with Crippen molar-refractivity contribution in [3.63, 3.8) is 0 Å². The Bertz CT molecular complexity index is 689. The molecule has 0 saturated heterocycles. The Labute approximate surface area is 148 Å². The highest BCUT2D eigenvalue weighted by molar-refractivity contribution is 7.99. The maximum absolute atomic E-state index is 12.3. The average molecular weight is 346 g/mol. The van der Waals surface area contributed by atoms with Crippen LogP contribution in [-0.2, 0) is 11.3 Å². The predicted octanol–water partition coefficient (Wildman–Crippen LogP) is 4.23. The van der Waals surface area contributed by atoms with Gasteiger partial charge in [-0.3, -0.25) is 4.79 Å². The highest BCUT2D eigenvalue weighted by Crippen LogP contribution is 2.27. The van der Waals surface area contributed by atoms with Crippen molar-refractivity contribution >= 4 is 28.7 Å². The largest absolute Gasteiger partial charge is 0.353 e. The van der Waals surface area contributed by atoms with Gasteiger partial charge >= 0.3 is 0 Å². The van der Waals surface area contributed by atoms with E-state index in [9.17, 15) is 4.79 Å². The summed E-state index contributed by atoms with van der Waals surface area (Å²) in [4.78, 5) is 17.0. The first-order chi connectivity index (χ1) is 11.7. The molecule has 1 aliphatic rings. The van der Waals surface area contributed by atoms with Crippen molar-refractivity contribution in [3.05, 3.63) is 24.3 Å². The second-order valence-electron chi connectivity index (χ2n) is 6.61. The number of para-hydroxylation sites is 2. The van der Waals surface area contributed by atoms with Crippen molar-refractivity contribution in [3.8, 4) is 0 Å². The van der Waals surface area contributed by atoms with Crippen LogP contribution in [0.15, 0.2) is 29.4 Å². The van der Waals surface area contributed by atoms with Gasteiger partial charge in [0.2, 0.25) is 5.91 Å². The second-order valence-corrected chi connectivity index (χ2v) is 7.55. The van der Waals surface area contributed by atoms with E-state index >= 15 is 0 Å². The van der Waals surface area contributed by atoms with Gasteiger partial charge in [0.25, 0.3) is 0 Å². The first-order valence-electron chi connectivity index (χ1n) is 9.08. The van der Waals surface area contributed by atoms with E-state index in [1.54, 1.807) is 0 Å². The van der Waals surface area contributed by atoms with Crippen LogP contribution in [0.1, 0.15) is 46.0 Å². The van der Waals surface area contributed by atoms with Gasteiger partial charge in [-0.05, 0) is 50.7 Å². The molecule has 1 amide bonds. The number of fused-ring (bicyclic) bond motifs is 1. The molecular weight excluding hydrogens is 318 g/mol. The molecule has 0 atom stereocenters. The molecule has 0 unspecified atom stereocenters. The number of amides is 1. The number of aryl methyl sites for hydroxylation is 1. The average Bonchev–Trinajstić information content (AvgIpc) is 2.98. The van der Waals surface area contributed by atoms with Gasteiger partial charge in [0.15, 0.2) is 5.16 Å². The van der Waals surface area contributed by atoms with E-state index in [2.05, 4.69) is 34.8 Å². The van der Waals surface area contributed by atoms with E-state index in [1.807, 2.05) is 18.2 Å². The van der Waals surface area contributed by atoms with E-state index < -0.39 is 0 Å². The summed E-state index contributed by atoms with van der Waals surface area (Å²) in [6.45, 7) is 5.25. The zero-order valence-corrected chi connectivity index (χ0v) is 15.4. The minimum absolute atomic E-state index is 0.134. The Morgan fingerprint density at radius 3 is 2.71 bits per heavy atom. The van der Waals surface area contributed by atoms with Crippen LogP contribution in [-0.4, -0.2) is 27.3 Å². The number of rotatable bonds is 6. The van der Waals surface area contributed by atoms with Crippen molar-refractivity contribution in [2.75, 3.05) is 5.75 Å². The molecule has 130 valence electrons. The third kappa shape index (κ3) is 3.94. The van der Waals surface area contributed by atoms with Gasteiger partial charge in [-0.2, -0.15) is 0 Å². The van der Waals surface area contributed by atoms with E-state index in [0.717, 1.165) is 41.5 Å². The van der Waals surface area contributed by atoms with E-state index in [0.29, 0.717) is 11.8 Å². The van der Waals surface area contributed by atoms with Crippen LogP contribution in [0.25, 0.3) is 11.0 Å². The monoisotopic (exact) mass is 345 g/mol. The number of benzene rings is 1. The minimum atomic E-state index is 0.134. The molecule has 0 bridgehead atoms. The number of nitrogens with zero attached hydrogens (tertiary/aromatic N) is 2. The molecule has 1 fully saturated rings. The van der Waals surface area contributed by atoms with Crippen molar-refractivity contribution in [2.24, 2.45) is 5.92 Å². The fourth-order valence-corrected chi connectivity index (χ4v) is 4.47. The van der Waals surface area contributed by atoms with Crippen molar-refractivity contribution in [1.29, 1.82) is 0 Å². The summed E-state index contributed by atoms with van der Waals surface area (Å²) >= 11 is 1.54. The third-order valence-corrected chi connectivity index (χ3v) is 6.03. The molecule has 24 heavy (non-hydrogen) atoms. The number of imidazole rings is 1. The Morgan fingerprint density at radius 1 is 1.25 bits per heavy atom. The van der Waals surface area contributed by atoms with E-state index in [1.165, 1.54) is 31.0 Å². The molecule has 4 nitrogen and oxygen atoms in total. The number of nitrogens with one attached hydrogen (secondary N) is 1. The van der Waals surface area contributed by atoms with Crippen LogP contribution in [0.4, 0.5) is 0 Å². The Hall–Kier alpha value is -1.49. The summed E-state index contributed by atoms with van der Waals surface area (Å²) in [6.07, 6.45) is 6.02. The van der Waals surface area contributed by atoms with Gasteiger partial charge < -0.3 is 9.88 Å². The number of aromatic nitrogens is 2. The Morgan fingerprint density at radius 2 is 2.00 bits per heavy atom. The highest BCUT2D eigenvalue weighted by Gasteiger charge is 2.21. The number of carbonyl (C=O) groups excluding carboxylic acids is 1. The SMILES string of the molecule is CCC1CCC(NC(=O)CSc2nc3ccccc3n2CC)CC1. The number of carbonyl (C=O) groups is 1. The smallest absolute Gasteiger partial charge is 0.230 e. The van der Waals surface area contributed by atoms with Crippen LogP contribution < -0.4 is 5.32 Å². The number of hydrogen-bond donors (Lipinski definition) is 1. The maximum atomic E-state index is 12.3. The highest BCUT2D eigenvalue weighted by atomic mass is 32.2. The van der Waals surface area contributed by atoms with Crippen LogP contribution in [0.2, 0.25) is 0 Å². The van der Waals surface area contributed by atoms with Gasteiger partial charge in [0.05, 0.1) is 16.8 Å². The van der Waals surface area contributed by atoms with Gasteiger partial charge in [-0.1, -0.05) is 37.2 Å². The predicted molar refractivity (Wildman–Crippen MR) is 100 cm³/mol. The number of thioether (sulfide) groups is 1. The van der Waals surface area contributed by atoms with Gasteiger partial charge in [0.1, 0.15) is 0 Å². The van der Waals surface area contributed by atoms with Gasteiger partial charge in [-0.25, -0.2) is 4.98 Å². The zero-order chi connectivity index (χ0) is 16.9. The summed E-state index contributed by atoms with van der Waals surface area (Å²) in [6, 6.07) is 8.51. The molecule has 1 N–H and O–H groups in total. The van der Waals surface area contributed by atoms with Crippen LogP contribution >= 0.6 is 11.8 Å². The fraction of sp³-hybridized carbons (Fsp3) is 0.579. The van der Waals surface area contributed by atoms with Gasteiger partial charge in [-0.15, -0.1) is 0 Å². The van der Waals surface area contributed by atoms with Crippen molar-refractivity contribution in [2.45, 2.75) is 63.7 Å². The lowest BCUT2D eigenvalue weighted by Gasteiger charge is -2.28. The standard InChI is InChI=1S/C19H27N3OS/c1-3-14-9-11-15(12-10-14)20-18(23)13-24-19-21-16-7-5-6-8-17(16)22(19)4-2/h5-8,14-15H,3-4,9-13H2,1-2H3,(H,20,23). The second kappa shape index (κ2) is 8.06. The molecule has 1 saturated carbocycles. The molecule has 1 aliphatic carbocycles. The summed E-state index contributed by atoms with van der Waals surface area (Å²) in [7, 11) is 0. The lowest BCUT2D eigenvalue weighted by atomic mass is 9.84. The molecule has 1 aromatic heterocycles. The first-order valence-corrected chi connectivity index (χ1v) is 10.1. The summed E-state index contributed by atoms with van der Waals surface area (Å²) in [5.41, 5.74) is 2.14. The normalized spacial score (nSPS) is 21.1. The molecule has 0 aliphatic heterocycles. The molecular formula is C19H27N3OS. The lowest BCUT2D eigenvalue weighted by molar-refractivity contribution is -0.119. The van der Waals surface area contributed by atoms with Crippen LogP contribution in [0.3, 0.4) is 0 Å². The Kier molecular flexibility index (Phi) is 5.82. The molecule has 3 rings (SSSR count). The molecule has 0 spiro atoms. The third-order valence-electron chi connectivity index (χ3n) is 5.06. The van der Waals surface area contributed by atoms with Crippen LogP contribution in [0, 0.1) is 5.92 Å². The van der Waals surface area contributed by atoms with Crippen molar-refractivity contribution in [1.82, 2.24) is 14.9 Å². The molecule has 1 aromatic carbocycles. The number of hydrogen-bond acceptors (Lipinski definition) is 3. The minimum Gasteiger partial charge on any atom is -0.353 e. The lowest BCUT2D eigenvalue weighted by Crippen LogP contribution is -2.38.